The fraction of sp³-hybridized carbons (Fsp3) is 0.233. The van der Waals surface area contributed by atoms with E-state index in [0.29, 0.717) is 5.71 Å². The van der Waals surface area contributed by atoms with E-state index in [2.05, 4.69) is 134 Å². The quantitative estimate of drug-likeness (QED) is 0.167. The van der Waals surface area contributed by atoms with Crippen LogP contribution in [0.1, 0.15) is 59.7 Å². The zero-order valence-electron chi connectivity index (χ0n) is 29.2. The molecule has 0 atom stereocenters. The standard InChI is InChI=1S/C29H27N2O.C14H14N.Ir/c1-17-9-7-10-18(2)26(17)24-14-13-21-20-11-8-12-22(27(20)32-28(21)31-24)25-15-23(29(4,5)6)19(3)16-30-25;1-10-4-6-13(7-5-10)14-8-11(2)12(3)9-15-14;/h7-11,13-16H,1-6H3;4-6,8-9H,1-3H3;/q2*-1;. The minimum absolute atomic E-state index is 0. The summed E-state index contributed by atoms with van der Waals surface area (Å²) in [5.41, 5.74) is 16.0. The van der Waals surface area contributed by atoms with Crippen LogP contribution in [0, 0.1) is 53.7 Å². The zero-order valence-corrected chi connectivity index (χ0v) is 31.6. The molecule has 5 heteroatoms. The van der Waals surface area contributed by atoms with E-state index in [-0.39, 0.29) is 25.5 Å². The van der Waals surface area contributed by atoms with Crippen molar-refractivity contribution < 1.29 is 24.5 Å². The van der Waals surface area contributed by atoms with Crippen molar-refractivity contribution in [3.8, 4) is 33.8 Å². The molecule has 245 valence electrons. The molecule has 4 nitrogen and oxygen atoms in total. The summed E-state index contributed by atoms with van der Waals surface area (Å²) in [4.78, 5) is 14.0. The second kappa shape index (κ2) is 14.0. The number of nitrogens with zero attached hydrogens (tertiary/aromatic N) is 3. The van der Waals surface area contributed by atoms with Crippen molar-refractivity contribution in [2.75, 3.05) is 0 Å². The van der Waals surface area contributed by atoms with E-state index in [1.807, 2.05) is 30.6 Å². The van der Waals surface area contributed by atoms with Gasteiger partial charge in [0.2, 0.25) is 5.71 Å². The van der Waals surface area contributed by atoms with Crippen LogP contribution in [0.25, 0.3) is 55.8 Å². The number of furan rings is 1. The minimum atomic E-state index is 0. The van der Waals surface area contributed by atoms with Gasteiger partial charge in [0.1, 0.15) is 0 Å². The fourth-order valence-corrected chi connectivity index (χ4v) is 6.07. The summed E-state index contributed by atoms with van der Waals surface area (Å²) in [6.45, 7) is 19.3. The maximum atomic E-state index is 6.35. The van der Waals surface area contributed by atoms with Gasteiger partial charge in [0.05, 0.1) is 11.3 Å². The molecule has 0 saturated heterocycles. The summed E-state index contributed by atoms with van der Waals surface area (Å²) in [5, 5.41) is 2.04. The molecule has 0 bridgehead atoms. The molecule has 0 aliphatic rings. The number of aryl methyl sites for hydroxylation is 6. The maximum Gasteiger partial charge on any atom is 0.216 e. The third kappa shape index (κ3) is 7.04. The summed E-state index contributed by atoms with van der Waals surface area (Å²) >= 11 is 0. The number of benzene rings is 3. The summed E-state index contributed by atoms with van der Waals surface area (Å²) in [7, 11) is 0. The molecular formula is C43H41IrN3O-2. The van der Waals surface area contributed by atoms with Crippen molar-refractivity contribution in [2.24, 2.45) is 0 Å². The first-order valence-corrected chi connectivity index (χ1v) is 16.1. The van der Waals surface area contributed by atoms with Crippen LogP contribution < -0.4 is 0 Å². The van der Waals surface area contributed by atoms with Gasteiger partial charge in [-0.2, -0.15) is 0 Å². The molecule has 0 saturated carbocycles. The zero-order chi connectivity index (χ0) is 33.5. The number of pyridine rings is 3. The topological polar surface area (TPSA) is 51.8 Å². The number of hydrogen-bond acceptors (Lipinski definition) is 4. The van der Waals surface area contributed by atoms with Gasteiger partial charge in [0.15, 0.2) is 0 Å². The summed E-state index contributed by atoms with van der Waals surface area (Å²) in [6.07, 6.45) is 3.86. The first-order chi connectivity index (χ1) is 22.4. The molecular weight excluding hydrogens is 767 g/mol. The number of hydrogen-bond donors (Lipinski definition) is 0. The van der Waals surface area contributed by atoms with E-state index in [0.717, 1.165) is 50.1 Å². The molecule has 3 aromatic carbocycles. The molecule has 4 heterocycles. The Labute approximate surface area is 298 Å². The SMILES string of the molecule is Cc1c[c-]c(-c2cc(C)c(C)cn2)cc1.Cc1cnc(-c2[c-]ccc3c2oc2nc(-c4c(C)cccc4C)ccc23)cc1C(C)(C)C.[Ir]. The molecule has 0 spiro atoms. The molecule has 0 N–H and O–H groups in total. The van der Waals surface area contributed by atoms with E-state index in [1.165, 1.54) is 38.9 Å². The average Bonchev–Trinajstić information content (AvgIpc) is 3.41. The minimum Gasteiger partial charge on any atom is -0.486 e. The van der Waals surface area contributed by atoms with Gasteiger partial charge in [-0.25, -0.2) is 4.98 Å². The molecule has 7 aromatic rings. The number of rotatable bonds is 3. The summed E-state index contributed by atoms with van der Waals surface area (Å²) in [6, 6.07) is 31.5. The Bertz CT molecular complexity index is 2220. The van der Waals surface area contributed by atoms with Crippen LogP contribution in [0.5, 0.6) is 0 Å². The summed E-state index contributed by atoms with van der Waals surface area (Å²) < 4.78 is 6.35. The first-order valence-electron chi connectivity index (χ1n) is 16.1. The molecule has 0 fully saturated rings. The van der Waals surface area contributed by atoms with Crippen molar-refractivity contribution in [1.82, 2.24) is 15.0 Å². The Morgan fingerprint density at radius 1 is 0.646 bits per heavy atom. The van der Waals surface area contributed by atoms with Crippen LogP contribution in [-0.2, 0) is 25.5 Å². The Balaban J connectivity index is 0.000000237. The first kappa shape index (κ1) is 34.9. The second-order valence-electron chi connectivity index (χ2n) is 13.6. The largest absolute Gasteiger partial charge is 0.486 e. The van der Waals surface area contributed by atoms with Crippen molar-refractivity contribution >= 4 is 22.1 Å². The molecule has 0 unspecified atom stereocenters. The number of fused-ring (bicyclic) bond motifs is 3. The molecule has 48 heavy (non-hydrogen) atoms. The summed E-state index contributed by atoms with van der Waals surface area (Å²) in [5.74, 6) is 0. The number of aromatic nitrogens is 3. The van der Waals surface area contributed by atoms with Gasteiger partial charge in [0.25, 0.3) is 0 Å². The van der Waals surface area contributed by atoms with Gasteiger partial charge in [-0.1, -0.05) is 74.5 Å². The van der Waals surface area contributed by atoms with Gasteiger partial charge in [-0.05, 0) is 91.4 Å². The predicted molar refractivity (Wildman–Crippen MR) is 195 cm³/mol. The molecule has 0 aliphatic carbocycles. The molecule has 0 amide bonds. The third-order valence-corrected chi connectivity index (χ3v) is 8.82. The van der Waals surface area contributed by atoms with Gasteiger partial charge < -0.3 is 14.4 Å². The monoisotopic (exact) mass is 808 g/mol. The van der Waals surface area contributed by atoms with E-state index < -0.39 is 0 Å². The Morgan fingerprint density at radius 2 is 1.35 bits per heavy atom. The van der Waals surface area contributed by atoms with Crippen LogP contribution in [0.3, 0.4) is 0 Å². The van der Waals surface area contributed by atoms with E-state index in [9.17, 15) is 0 Å². The van der Waals surface area contributed by atoms with Gasteiger partial charge >= 0.3 is 0 Å². The Hall–Kier alpha value is -4.44. The van der Waals surface area contributed by atoms with E-state index in [4.69, 9.17) is 14.4 Å². The van der Waals surface area contributed by atoms with Crippen molar-refractivity contribution in [3.63, 3.8) is 0 Å². The molecule has 1 radical (unpaired) electrons. The van der Waals surface area contributed by atoms with Crippen LogP contribution in [0.2, 0.25) is 0 Å². The van der Waals surface area contributed by atoms with Gasteiger partial charge in [-0.3, -0.25) is 0 Å². The van der Waals surface area contributed by atoms with Crippen molar-refractivity contribution in [1.29, 1.82) is 0 Å². The molecule has 0 aliphatic heterocycles. The van der Waals surface area contributed by atoms with Gasteiger partial charge in [0, 0.05) is 43.4 Å². The van der Waals surface area contributed by atoms with Crippen molar-refractivity contribution in [2.45, 2.75) is 67.7 Å². The van der Waals surface area contributed by atoms with Crippen LogP contribution in [0.15, 0.2) is 89.6 Å². The normalized spacial score (nSPS) is 11.3. The maximum absolute atomic E-state index is 6.35. The Kier molecular flexibility index (Phi) is 10.1. The fourth-order valence-electron chi connectivity index (χ4n) is 6.07. The average molecular weight is 808 g/mol. The second-order valence-corrected chi connectivity index (χ2v) is 13.6. The van der Waals surface area contributed by atoms with Crippen LogP contribution in [-0.4, -0.2) is 15.0 Å². The van der Waals surface area contributed by atoms with E-state index in [1.54, 1.807) is 0 Å². The Morgan fingerprint density at radius 3 is 2.02 bits per heavy atom. The van der Waals surface area contributed by atoms with Crippen LogP contribution >= 0.6 is 0 Å². The molecule has 4 aromatic heterocycles. The van der Waals surface area contributed by atoms with E-state index >= 15 is 0 Å². The molecule has 7 rings (SSSR count). The smallest absolute Gasteiger partial charge is 0.216 e. The van der Waals surface area contributed by atoms with Crippen LogP contribution in [0.4, 0.5) is 0 Å². The van der Waals surface area contributed by atoms with Gasteiger partial charge in [-0.15, -0.1) is 53.6 Å². The third-order valence-electron chi connectivity index (χ3n) is 8.82. The predicted octanol–water partition coefficient (Wildman–Crippen LogP) is 11.2. The van der Waals surface area contributed by atoms with Crippen molar-refractivity contribution in [3.05, 3.63) is 136 Å².